The van der Waals surface area contributed by atoms with Crippen molar-refractivity contribution in [2.24, 2.45) is 70.3 Å². The number of fused-ring (bicyclic) bond motifs is 10. The zero-order valence-electron chi connectivity index (χ0n) is 14.4. The van der Waals surface area contributed by atoms with Crippen LogP contribution in [0.4, 0.5) is 0 Å². The van der Waals surface area contributed by atoms with Gasteiger partial charge in [-0.1, -0.05) is 49.8 Å². The number of allylic oxidation sites excluding steroid dienone is 4. The molecule has 6 rings (SSSR count). The van der Waals surface area contributed by atoms with Crippen LogP contribution in [-0.2, 0) is 0 Å². The summed E-state index contributed by atoms with van der Waals surface area (Å²) < 4.78 is 0. The summed E-state index contributed by atoms with van der Waals surface area (Å²) in [5.74, 6) is 9.59. The van der Waals surface area contributed by atoms with E-state index in [4.69, 9.17) is 5.73 Å². The summed E-state index contributed by atoms with van der Waals surface area (Å²) >= 11 is 0. The van der Waals surface area contributed by atoms with Crippen molar-refractivity contribution in [2.45, 2.75) is 26.7 Å². The molecule has 1 spiro atoms. The lowest BCUT2D eigenvalue weighted by Crippen LogP contribution is -2.79. The number of nitrogens with two attached hydrogens (primary N) is 1. The van der Waals surface area contributed by atoms with Gasteiger partial charge >= 0.3 is 0 Å². The van der Waals surface area contributed by atoms with Gasteiger partial charge in [0.05, 0.1) is 0 Å². The Bertz CT molecular complexity index is 671. The molecule has 122 valence electrons. The molecule has 1 heteroatoms. The number of hydrogen-bond acceptors (Lipinski definition) is 1. The molecule has 11 atom stereocenters. The smallest absolute Gasteiger partial charge is 0.0130 e. The molecule has 0 amide bonds. The highest BCUT2D eigenvalue weighted by Gasteiger charge is 2.80. The average Bonchev–Trinajstić information content (AvgIpc) is 2.85. The minimum absolute atomic E-state index is 0.476. The molecule has 2 N–H and O–H groups in total. The van der Waals surface area contributed by atoms with Crippen molar-refractivity contribution >= 4 is 0 Å². The summed E-state index contributed by atoms with van der Waals surface area (Å²) in [5, 5.41) is 0. The molecule has 4 saturated carbocycles. The van der Waals surface area contributed by atoms with Gasteiger partial charge in [0.15, 0.2) is 0 Å². The second-order valence-electron chi connectivity index (χ2n) is 9.71. The van der Waals surface area contributed by atoms with Gasteiger partial charge < -0.3 is 5.73 Å². The molecular weight excluding hydrogens is 278 g/mol. The highest BCUT2D eigenvalue weighted by atomic mass is 14.8. The predicted octanol–water partition coefficient (Wildman–Crippen LogP) is 4.03. The van der Waals surface area contributed by atoms with Crippen LogP contribution < -0.4 is 5.73 Å². The highest BCUT2D eigenvalue weighted by molar-refractivity contribution is 5.47. The molecule has 0 aliphatic heterocycles. The number of rotatable bonds is 3. The van der Waals surface area contributed by atoms with Gasteiger partial charge in [-0.05, 0) is 78.6 Å². The molecule has 1 nitrogen and oxygen atoms in total. The Kier molecular flexibility index (Phi) is 2.27. The average molecular weight is 307 g/mol. The van der Waals surface area contributed by atoms with E-state index in [0.717, 1.165) is 72.1 Å². The van der Waals surface area contributed by atoms with Crippen LogP contribution in [0.5, 0.6) is 0 Å². The summed E-state index contributed by atoms with van der Waals surface area (Å²) in [5.41, 5.74) is 9.61. The Morgan fingerprint density at radius 2 is 2.04 bits per heavy atom. The van der Waals surface area contributed by atoms with Crippen molar-refractivity contribution in [2.75, 3.05) is 6.54 Å². The molecule has 23 heavy (non-hydrogen) atoms. The second-order valence-corrected chi connectivity index (χ2v) is 9.71. The molecule has 0 heterocycles. The van der Waals surface area contributed by atoms with E-state index >= 15 is 0 Å². The minimum Gasteiger partial charge on any atom is -0.330 e. The molecule has 0 aromatic rings. The quantitative estimate of drug-likeness (QED) is 0.618. The van der Waals surface area contributed by atoms with E-state index in [2.05, 4.69) is 38.7 Å². The predicted molar refractivity (Wildman–Crippen MR) is 93.3 cm³/mol. The molecule has 0 aromatic carbocycles. The van der Waals surface area contributed by atoms with Crippen molar-refractivity contribution in [1.82, 2.24) is 0 Å². The van der Waals surface area contributed by atoms with E-state index in [1.807, 2.05) is 5.57 Å². The maximum absolute atomic E-state index is 5.78. The van der Waals surface area contributed by atoms with E-state index in [1.165, 1.54) is 12.0 Å². The highest BCUT2D eigenvalue weighted by Crippen LogP contribution is 2.85. The largest absolute Gasteiger partial charge is 0.330 e. The van der Waals surface area contributed by atoms with Gasteiger partial charge in [0.2, 0.25) is 0 Å². The first kappa shape index (κ1) is 13.5. The van der Waals surface area contributed by atoms with E-state index < -0.39 is 0 Å². The molecule has 0 saturated heterocycles. The Balaban J connectivity index is 1.26. The zero-order valence-corrected chi connectivity index (χ0v) is 14.4. The van der Waals surface area contributed by atoms with Crippen molar-refractivity contribution in [3.8, 4) is 0 Å². The summed E-state index contributed by atoms with van der Waals surface area (Å²) in [6, 6.07) is 0. The van der Waals surface area contributed by atoms with Crippen molar-refractivity contribution in [3.05, 3.63) is 36.0 Å². The first-order valence-corrected chi connectivity index (χ1v) is 9.89. The van der Waals surface area contributed by atoms with E-state index in [-0.39, 0.29) is 0 Å². The van der Waals surface area contributed by atoms with Gasteiger partial charge in [0.25, 0.3) is 0 Å². The lowest BCUT2D eigenvalue weighted by Gasteiger charge is -2.83. The number of hydrogen-bond donors (Lipinski definition) is 1. The van der Waals surface area contributed by atoms with Gasteiger partial charge in [-0.3, -0.25) is 0 Å². The fourth-order valence-corrected chi connectivity index (χ4v) is 8.33. The molecule has 0 aromatic heterocycles. The Labute approximate surface area is 140 Å². The topological polar surface area (TPSA) is 26.0 Å². The van der Waals surface area contributed by atoms with Crippen LogP contribution >= 0.6 is 0 Å². The fourth-order valence-electron chi connectivity index (χ4n) is 8.33. The van der Waals surface area contributed by atoms with E-state index in [9.17, 15) is 0 Å². The van der Waals surface area contributed by atoms with Crippen LogP contribution in [-0.4, -0.2) is 6.54 Å². The first-order valence-electron chi connectivity index (χ1n) is 9.89. The third-order valence-electron chi connectivity index (χ3n) is 9.41. The molecule has 6 aliphatic carbocycles. The maximum atomic E-state index is 5.78. The fraction of sp³-hybridized carbons (Fsp3) is 0.727. The Hall–Kier alpha value is -0.820. The minimum atomic E-state index is 0.476. The lowest BCUT2D eigenvalue weighted by atomic mass is 9.21. The van der Waals surface area contributed by atoms with Crippen LogP contribution in [0, 0.1) is 64.6 Å². The van der Waals surface area contributed by atoms with Crippen LogP contribution in [0.3, 0.4) is 0 Å². The van der Waals surface area contributed by atoms with Crippen molar-refractivity contribution in [1.29, 1.82) is 0 Å². The van der Waals surface area contributed by atoms with Crippen molar-refractivity contribution < 1.29 is 0 Å². The molecular formula is C22H29N. The van der Waals surface area contributed by atoms with Crippen molar-refractivity contribution in [3.63, 3.8) is 0 Å². The van der Waals surface area contributed by atoms with Gasteiger partial charge in [-0.2, -0.15) is 0 Å². The van der Waals surface area contributed by atoms with Crippen LogP contribution in [0.25, 0.3) is 0 Å². The molecule has 9 unspecified atom stereocenters. The van der Waals surface area contributed by atoms with Crippen LogP contribution in [0.1, 0.15) is 26.7 Å². The van der Waals surface area contributed by atoms with E-state index in [1.54, 1.807) is 0 Å². The van der Waals surface area contributed by atoms with Gasteiger partial charge in [-0.25, -0.2) is 0 Å². The van der Waals surface area contributed by atoms with Crippen LogP contribution in [0.2, 0.25) is 0 Å². The lowest BCUT2D eigenvalue weighted by molar-refractivity contribution is -0.322. The third-order valence-corrected chi connectivity index (χ3v) is 9.41. The Morgan fingerprint density at radius 3 is 2.70 bits per heavy atom. The summed E-state index contributed by atoms with van der Waals surface area (Å²) in [6.07, 6.45) is 10.1. The maximum Gasteiger partial charge on any atom is 0.0130 e. The normalized spacial score (nSPS) is 62.3. The standard InChI is InChI=1S/C22H29N/c1-10(5-7-23)15-12(3)16-19(15)21-18-14-9-22(6-4-11(22)2)8-13(14)17(18)20(16)21/h4,6,9,11-13,15-21H,1,5,7-8,23H2,2-3H3/t11?,12?,13-,15?,16?,17?,18?,19-,20?,21?,22?/m1/s1. The van der Waals surface area contributed by atoms with Gasteiger partial charge in [-0.15, -0.1) is 0 Å². The first-order chi connectivity index (χ1) is 11.1. The summed E-state index contributed by atoms with van der Waals surface area (Å²) in [6.45, 7) is 10.1. The van der Waals surface area contributed by atoms with Gasteiger partial charge in [0, 0.05) is 5.41 Å². The second kappa shape index (κ2) is 3.87. The monoisotopic (exact) mass is 307 g/mol. The van der Waals surface area contributed by atoms with Crippen LogP contribution in [0.15, 0.2) is 36.0 Å². The molecule has 6 aliphatic rings. The Morgan fingerprint density at radius 1 is 1.22 bits per heavy atom. The molecule has 4 fully saturated rings. The summed E-state index contributed by atoms with van der Waals surface area (Å²) in [4.78, 5) is 0. The van der Waals surface area contributed by atoms with Gasteiger partial charge in [0.1, 0.15) is 0 Å². The zero-order chi connectivity index (χ0) is 15.7. The molecule has 0 radical (unpaired) electrons. The van der Waals surface area contributed by atoms with E-state index in [0.29, 0.717) is 5.41 Å². The molecule has 0 bridgehead atoms. The summed E-state index contributed by atoms with van der Waals surface area (Å²) in [7, 11) is 0. The SMILES string of the molecule is C=C(CCN)C1C(C)C2C3C(C4C5=CC6(C=CC6C)C[C@H]5C43)[C@H]12. The third kappa shape index (κ3) is 1.21.